The number of nitrogens with two attached hydrogens (primary N) is 20. The lowest BCUT2D eigenvalue weighted by Crippen LogP contribution is -2.10. The molecule has 0 saturated carbocycles. The quantitative estimate of drug-likeness (QED) is 0.0527. The van der Waals surface area contributed by atoms with Gasteiger partial charge in [0.25, 0.3) is 0 Å². The van der Waals surface area contributed by atoms with Crippen LogP contribution in [-0.2, 0) is 0 Å². The van der Waals surface area contributed by atoms with Gasteiger partial charge in [0.05, 0.1) is 34.1 Å². The second-order valence-corrected chi connectivity index (χ2v) is 17.9. The molecule has 0 amide bonds. The zero-order valence-corrected chi connectivity index (χ0v) is 42.5. The Hall–Kier alpha value is -13.9. The number of hydrogen-bond donors (Lipinski definition) is 22. The molecule has 0 saturated heterocycles. The summed E-state index contributed by atoms with van der Waals surface area (Å²) < 4.78 is 0. The van der Waals surface area contributed by atoms with Gasteiger partial charge in [0.15, 0.2) is 127 Å². The Morgan fingerprint density at radius 2 is 0.298 bits per heavy atom. The summed E-state index contributed by atoms with van der Waals surface area (Å²) >= 11 is 0. The summed E-state index contributed by atoms with van der Waals surface area (Å²) in [6.07, 6.45) is 0. The van der Waals surface area contributed by atoms with Crippen LogP contribution >= 0.6 is 0 Å². The Kier molecular flexibility index (Phi) is 10.8. The van der Waals surface area contributed by atoms with E-state index in [-0.39, 0.29) is 206 Å². The first-order valence-electron chi connectivity index (χ1n) is 23.5. The molecule has 12 heterocycles. The molecule has 0 radical (unpaired) electrons. The van der Waals surface area contributed by atoms with Gasteiger partial charge in [0.2, 0.25) is 0 Å². The molecule has 2 aliphatic heterocycles. The maximum atomic E-state index is 6.03. The number of aromatic amines is 2. The summed E-state index contributed by atoms with van der Waals surface area (Å²) in [4.78, 5) is 94.5. The van der Waals surface area contributed by atoms with Gasteiger partial charge in [-0.05, 0) is 0 Å². The SMILES string of the molecule is Nc1c(N)c(N)c(N)c(N)c1N.Nc1nc2c(nc1N)-c1nc-2nc2[nH]c(nc3nc(nc4[nH]c(n1)c1nc(N)c(N)nc41)-c1nc(N)c(N)nc1-3)c1nc(N)c(N)nc21.Nc1nc2c3nc(N)c(N)nc3c3nc(N)c(N)nc3c2nc1N. The lowest BCUT2D eigenvalue weighted by molar-refractivity contribution is 1.18. The molecule has 12 aromatic rings. The first kappa shape index (κ1) is 50.9. The molecule has 42 heteroatoms. The van der Waals surface area contributed by atoms with Crippen molar-refractivity contribution in [3.05, 3.63) is 0 Å². The number of nitrogen functional groups attached to an aromatic ring is 20. The van der Waals surface area contributed by atoms with Crippen LogP contribution < -0.4 is 115 Å². The second-order valence-electron chi connectivity index (χ2n) is 17.9. The van der Waals surface area contributed by atoms with Crippen LogP contribution in [0.1, 0.15) is 0 Å². The first-order chi connectivity index (χ1) is 39.8. The predicted molar refractivity (Wildman–Crippen MR) is 319 cm³/mol. The van der Waals surface area contributed by atoms with E-state index in [1.54, 1.807) is 0 Å². The molecule has 10 aromatic heterocycles. The minimum atomic E-state index is -0.0566. The number of anilines is 20. The maximum Gasteiger partial charge on any atom is 0.184 e. The Balaban J connectivity index is 0.000000159. The summed E-state index contributed by atoms with van der Waals surface area (Å²) in [6, 6.07) is 0. The Morgan fingerprint density at radius 3 is 0.464 bits per heavy atom. The molecule has 0 aliphatic carbocycles. The Bertz CT molecular complexity index is 4370. The number of hydrogen-bond acceptors (Lipinski definition) is 40. The van der Waals surface area contributed by atoms with Gasteiger partial charge >= 0.3 is 0 Å². The minimum absolute atomic E-state index is 0.0332. The fourth-order valence-corrected chi connectivity index (χ4v) is 8.31. The standard InChI is InChI=1S/C24H18N24.C12H12N12.C6H12N6/c25-9-10(26)34-2-1(33-9)17-41-18(2)46-20-5-6(38-14(30)13(29)37-5)22(43-20)48-24-8-7(39-15(31)16(32)40-8)23(44-24)47-21-4-3(19(42-21)45-17)35-11(27)12(28)36-4;13-7-8(14)20-2-1(19-7)3-5(22-10(16)9(15)21-3)6-4(2)23-11(17)12(18)24-6;7-1-2(8)4(10)6(12)5(11)3(1)9/h(H2,25,33)(H2,26,34)(H2,27,35)(H2,28,36)(H2,29,37)(H2,30,38)(H2,31,39)(H2,32,40)(H2,41,42,43,44,45,46,47,48);(H2,13,19)(H2,14,20)(H2,15,21)(H2,16,22)(H2,17,23)(H2,18,24);7-12H2. The van der Waals surface area contributed by atoms with Crippen LogP contribution in [-0.4, -0.2) is 110 Å². The largest absolute Gasteiger partial charge is 0.395 e. The molecular weight excluding hydrogens is 1090 g/mol. The molecule has 0 spiro atoms. The third-order valence-electron chi connectivity index (χ3n) is 12.6. The molecule has 8 bridgehead atoms. The molecule has 42 nitrogen and oxygen atoms in total. The minimum Gasteiger partial charge on any atom is -0.395 e. The van der Waals surface area contributed by atoms with E-state index in [1.807, 2.05) is 0 Å². The summed E-state index contributed by atoms with van der Waals surface area (Å²) in [5.74, 6) is -0.0635. The van der Waals surface area contributed by atoms with Gasteiger partial charge in [-0.2, -0.15) is 0 Å². The maximum absolute atomic E-state index is 6.03. The van der Waals surface area contributed by atoms with Crippen molar-refractivity contribution in [1.29, 1.82) is 0 Å². The van der Waals surface area contributed by atoms with E-state index >= 15 is 0 Å². The number of nitrogens with zero attached hydrogens (tertiary/aromatic N) is 20. The summed E-state index contributed by atoms with van der Waals surface area (Å²) in [5, 5.41) is 0. The second kappa shape index (κ2) is 17.8. The third-order valence-corrected chi connectivity index (χ3v) is 12.6. The number of aromatic nitrogens is 22. The average molecular weight is 1140 g/mol. The van der Waals surface area contributed by atoms with Crippen molar-refractivity contribution in [2.24, 2.45) is 0 Å². The van der Waals surface area contributed by atoms with Gasteiger partial charge in [0.1, 0.15) is 77.9 Å². The number of benzene rings is 2. The molecule has 0 unspecified atom stereocenters. The molecule has 0 fully saturated rings. The van der Waals surface area contributed by atoms with Crippen LogP contribution in [0, 0.1) is 0 Å². The van der Waals surface area contributed by atoms with Gasteiger partial charge in [-0.15, -0.1) is 0 Å². The fourth-order valence-electron chi connectivity index (χ4n) is 8.31. The molecule has 420 valence electrons. The molecule has 2 aliphatic rings. The van der Waals surface area contributed by atoms with Gasteiger partial charge in [-0.25, -0.2) is 99.7 Å². The number of H-pyrrole nitrogens is 2. The normalized spacial score (nSPS) is 11.6. The van der Waals surface area contributed by atoms with E-state index in [0.717, 1.165) is 0 Å². The van der Waals surface area contributed by atoms with E-state index in [4.69, 9.17) is 115 Å². The lowest BCUT2D eigenvalue weighted by atomic mass is 10.1. The van der Waals surface area contributed by atoms with Crippen molar-refractivity contribution in [1.82, 2.24) is 110 Å². The van der Waals surface area contributed by atoms with Gasteiger partial charge in [0, 0.05) is 0 Å². The number of fused-ring (bicyclic) bond motifs is 26. The highest BCUT2D eigenvalue weighted by Gasteiger charge is 2.29. The highest BCUT2D eigenvalue weighted by atomic mass is 15.2. The van der Waals surface area contributed by atoms with Gasteiger partial charge < -0.3 is 125 Å². The number of rotatable bonds is 0. The molecular formula is C42H42N42. The van der Waals surface area contributed by atoms with Crippen molar-refractivity contribution in [3.63, 3.8) is 0 Å². The van der Waals surface area contributed by atoms with Crippen molar-refractivity contribution in [2.45, 2.75) is 0 Å². The molecule has 0 atom stereocenters. The lowest BCUT2D eigenvalue weighted by Gasteiger charge is -2.13. The van der Waals surface area contributed by atoms with E-state index < -0.39 is 0 Å². The van der Waals surface area contributed by atoms with Crippen LogP contribution in [0.15, 0.2) is 0 Å². The van der Waals surface area contributed by atoms with Crippen LogP contribution in [0.25, 0.3) is 124 Å². The summed E-state index contributed by atoms with van der Waals surface area (Å²) in [6.45, 7) is 0. The van der Waals surface area contributed by atoms with Crippen molar-refractivity contribution < 1.29 is 0 Å². The number of nitrogens with one attached hydrogen (secondary N) is 2. The monoisotopic (exact) mass is 1130 g/mol. The van der Waals surface area contributed by atoms with Gasteiger partial charge in [-0.3, -0.25) is 0 Å². The topological polar surface area (TPSA) is 810 Å². The average Bonchev–Trinajstić information content (AvgIpc) is 1.17. The third kappa shape index (κ3) is 7.82. The molecule has 2 aromatic carbocycles. The highest BCUT2D eigenvalue weighted by molar-refractivity contribution is 6.19. The van der Waals surface area contributed by atoms with Crippen molar-refractivity contribution >= 4 is 193 Å². The molecule has 42 N–H and O–H groups in total. The zero-order valence-electron chi connectivity index (χ0n) is 42.5. The van der Waals surface area contributed by atoms with E-state index in [2.05, 4.69) is 110 Å². The zero-order chi connectivity index (χ0) is 59.8. The van der Waals surface area contributed by atoms with Crippen molar-refractivity contribution in [2.75, 3.05) is 115 Å². The first-order valence-corrected chi connectivity index (χ1v) is 23.5. The smallest absolute Gasteiger partial charge is 0.184 e. The van der Waals surface area contributed by atoms with Crippen LogP contribution in [0.4, 0.5) is 116 Å². The fraction of sp³-hybridized carbons (Fsp3) is 0. The van der Waals surface area contributed by atoms with Crippen LogP contribution in [0.2, 0.25) is 0 Å². The van der Waals surface area contributed by atoms with Crippen LogP contribution in [0.3, 0.4) is 0 Å². The van der Waals surface area contributed by atoms with E-state index in [0.29, 0.717) is 33.1 Å². The van der Waals surface area contributed by atoms with E-state index in [1.165, 1.54) is 0 Å². The predicted octanol–water partition coefficient (Wildman–Crippen LogP) is -3.12. The Labute approximate surface area is 462 Å². The highest BCUT2D eigenvalue weighted by Crippen LogP contribution is 2.41. The van der Waals surface area contributed by atoms with Crippen molar-refractivity contribution in [3.8, 4) is 46.1 Å². The summed E-state index contributed by atoms with van der Waals surface area (Å²) in [7, 11) is 0. The van der Waals surface area contributed by atoms with E-state index in [9.17, 15) is 0 Å². The molecule has 84 heavy (non-hydrogen) atoms. The van der Waals surface area contributed by atoms with Crippen LogP contribution in [0.5, 0.6) is 0 Å². The Morgan fingerprint density at radius 1 is 0.155 bits per heavy atom. The van der Waals surface area contributed by atoms with Gasteiger partial charge in [-0.1, -0.05) is 0 Å². The molecule has 14 rings (SSSR count). The summed E-state index contributed by atoms with van der Waals surface area (Å²) in [5.41, 5.74) is 121.